The smallest absolute Gasteiger partial charge is 0.263 e. The van der Waals surface area contributed by atoms with Gasteiger partial charge in [0.05, 0.1) is 10.3 Å². The Labute approximate surface area is 193 Å². The molecule has 0 unspecified atom stereocenters. The van der Waals surface area contributed by atoms with Crippen molar-refractivity contribution >= 4 is 23.2 Å². The molecule has 0 saturated carbocycles. The summed E-state index contributed by atoms with van der Waals surface area (Å²) in [5.41, 5.74) is 2.59. The topological polar surface area (TPSA) is 62.3 Å². The van der Waals surface area contributed by atoms with Crippen LogP contribution in [-0.2, 0) is 11.2 Å². The van der Waals surface area contributed by atoms with Crippen molar-refractivity contribution < 1.29 is 9.59 Å². The van der Waals surface area contributed by atoms with E-state index in [9.17, 15) is 9.59 Å². The van der Waals surface area contributed by atoms with Crippen molar-refractivity contribution in [3.63, 3.8) is 0 Å². The Kier molecular flexibility index (Phi) is 6.70. The summed E-state index contributed by atoms with van der Waals surface area (Å²) in [6.45, 7) is 5.65. The lowest BCUT2D eigenvalue weighted by Crippen LogP contribution is -2.54. The van der Waals surface area contributed by atoms with Crippen LogP contribution in [0.2, 0.25) is 0 Å². The van der Waals surface area contributed by atoms with Crippen LogP contribution in [0.25, 0.3) is 11.1 Å². The number of hydrogen-bond donors (Lipinski definition) is 1. The number of pyridine rings is 1. The van der Waals surface area contributed by atoms with Crippen LogP contribution in [0, 0.1) is 12.3 Å². The van der Waals surface area contributed by atoms with Crippen LogP contribution in [0.4, 0.5) is 0 Å². The number of amides is 2. The van der Waals surface area contributed by atoms with E-state index in [0.29, 0.717) is 26.1 Å². The molecule has 1 N–H and O–H groups in total. The quantitative estimate of drug-likeness (QED) is 0.595. The van der Waals surface area contributed by atoms with Crippen molar-refractivity contribution in [2.75, 3.05) is 19.6 Å². The molecule has 3 aromatic rings. The van der Waals surface area contributed by atoms with E-state index >= 15 is 0 Å². The predicted molar refractivity (Wildman–Crippen MR) is 129 cm³/mol. The van der Waals surface area contributed by atoms with Gasteiger partial charge >= 0.3 is 0 Å². The highest BCUT2D eigenvalue weighted by Gasteiger charge is 2.43. The summed E-state index contributed by atoms with van der Waals surface area (Å²) in [6.07, 6.45) is 5.79. The number of piperidine rings is 1. The molecule has 0 bridgehead atoms. The van der Waals surface area contributed by atoms with Crippen LogP contribution in [0.1, 0.15) is 39.9 Å². The number of benzene rings is 1. The highest BCUT2D eigenvalue weighted by molar-refractivity contribution is 7.13. The van der Waals surface area contributed by atoms with E-state index in [1.165, 1.54) is 11.3 Å². The summed E-state index contributed by atoms with van der Waals surface area (Å²) < 4.78 is 0. The number of nitrogens with zero attached hydrogens (tertiary/aromatic N) is 2. The van der Waals surface area contributed by atoms with E-state index in [-0.39, 0.29) is 11.8 Å². The number of aromatic nitrogens is 1. The first-order valence-corrected chi connectivity index (χ1v) is 12.0. The number of aryl methyl sites for hydroxylation is 1. The Morgan fingerprint density at radius 1 is 1.16 bits per heavy atom. The first-order chi connectivity index (χ1) is 15.5. The lowest BCUT2D eigenvalue weighted by Gasteiger charge is -2.41. The van der Waals surface area contributed by atoms with Gasteiger partial charge in [-0.05, 0) is 68.0 Å². The van der Waals surface area contributed by atoms with Gasteiger partial charge in [-0.15, -0.1) is 11.3 Å². The predicted octanol–water partition coefficient (Wildman–Crippen LogP) is 4.72. The minimum Gasteiger partial charge on any atom is -0.356 e. The molecule has 0 spiro atoms. The number of thiophene rings is 1. The fraction of sp³-hybridized carbons (Fsp3) is 0.346. The van der Waals surface area contributed by atoms with Crippen LogP contribution in [0.3, 0.4) is 0 Å². The SMILES string of the molecule is CCNC(=O)[C@@]1(Cc2cccc(-c3cccnc3)c2)CCCN(C(=O)c2ccc(C)s2)C1. The van der Waals surface area contributed by atoms with Gasteiger partial charge in [0, 0.05) is 36.9 Å². The second-order valence-corrected chi connectivity index (χ2v) is 9.79. The van der Waals surface area contributed by atoms with Crippen LogP contribution in [-0.4, -0.2) is 41.3 Å². The third kappa shape index (κ3) is 4.75. The molecular formula is C26H29N3O2S. The van der Waals surface area contributed by atoms with Crippen molar-refractivity contribution in [3.05, 3.63) is 76.2 Å². The fourth-order valence-corrected chi connectivity index (χ4v) is 5.39. The third-order valence-electron chi connectivity index (χ3n) is 6.10. The zero-order chi connectivity index (χ0) is 22.6. The second-order valence-electron chi connectivity index (χ2n) is 8.50. The highest BCUT2D eigenvalue weighted by atomic mass is 32.1. The second kappa shape index (κ2) is 9.65. The summed E-state index contributed by atoms with van der Waals surface area (Å²) in [5, 5.41) is 3.04. The molecule has 6 heteroatoms. The van der Waals surface area contributed by atoms with E-state index in [1.54, 1.807) is 6.20 Å². The zero-order valence-corrected chi connectivity index (χ0v) is 19.5. The van der Waals surface area contributed by atoms with Gasteiger partial charge < -0.3 is 10.2 Å². The van der Waals surface area contributed by atoms with E-state index in [1.807, 2.05) is 55.3 Å². The van der Waals surface area contributed by atoms with Crippen LogP contribution in [0.15, 0.2) is 60.9 Å². The minimum absolute atomic E-state index is 0.0283. The maximum Gasteiger partial charge on any atom is 0.263 e. The summed E-state index contributed by atoms with van der Waals surface area (Å²) in [5.74, 6) is 0.0622. The molecule has 2 aromatic heterocycles. The van der Waals surface area contributed by atoms with E-state index < -0.39 is 5.41 Å². The fourth-order valence-electron chi connectivity index (χ4n) is 4.55. The molecule has 0 aliphatic carbocycles. The van der Waals surface area contributed by atoms with Crippen molar-refractivity contribution in [1.82, 2.24) is 15.2 Å². The minimum atomic E-state index is -0.635. The van der Waals surface area contributed by atoms with Gasteiger partial charge in [0.15, 0.2) is 0 Å². The monoisotopic (exact) mass is 447 g/mol. The van der Waals surface area contributed by atoms with Gasteiger partial charge in [0.2, 0.25) is 5.91 Å². The maximum atomic E-state index is 13.3. The molecule has 1 atom stereocenters. The molecule has 2 amide bonds. The van der Waals surface area contributed by atoms with E-state index in [4.69, 9.17) is 0 Å². The molecule has 32 heavy (non-hydrogen) atoms. The molecule has 0 radical (unpaired) electrons. The summed E-state index contributed by atoms with van der Waals surface area (Å²) >= 11 is 1.51. The molecule has 1 saturated heterocycles. The van der Waals surface area contributed by atoms with Gasteiger partial charge in [-0.1, -0.05) is 30.3 Å². The lowest BCUT2D eigenvalue weighted by atomic mass is 9.74. The van der Waals surface area contributed by atoms with Gasteiger partial charge in [-0.3, -0.25) is 14.6 Å². The number of likely N-dealkylation sites (tertiary alicyclic amines) is 1. The number of carbonyl (C=O) groups is 2. The Morgan fingerprint density at radius 2 is 2.00 bits per heavy atom. The maximum absolute atomic E-state index is 13.3. The summed E-state index contributed by atoms with van der Waals surface area (Å²) in [7, 11) is 0. The number of nitrogens with one attached hydrogen (secondary N) is 1. The Morgan fingerprint density at radius 3 is 2.72 bits per heavy atom. The van der Waals surface area contributed by atoms with Crippen molar-refractivity contribution in [1.29, 1.82) is 0 Å². The van der Waals surface area contributed by atoms with Gasteiger partial charge in [-0.2, -0.15) is 0 Å². The number of rotatable bonds is 6. The average Bonchev–Trinajstić information content (AvgIpc) is 3.26. The molecule has 1 aliphatic rings. The third-order valence-corrected chi connectivity index (χ3v) is 7.09. The van der Waals surface area contributed by atoms with Crippen molar-refractivity contribution in [2.24, 2.45) is 5.41 Å². The van der Waals surface area contributed by atoms with E-state index in [2.05, 4.69) is 28.5 Å². The molecule has 3 heterocycles. The van der Waals surface area contributed by atoms with Crippen LogP contribution >= 0.6 is 11.3 Å². The van der Waals surface area contributed by atoms with Crippen LogP contribution < -0.4 is 5.32 Å². The highest BCUT2D eigenvalue weighted by Crippen LogP contribution is 2.36. The molecule has 1 aliphatic heterocycles. The molecule has 5 nitrogen and oxygen atoms in total. The van der Waals surface area contributed by atoms with E-state index in [0.717, 1.165) is 39.3 Å². The van der Waals surface area contributed by atoms with Gasteiger partial charge in [0.25, 0.3) is 5.91 Å². The Hall–Kier alpha value is -2.99. The molecule has 1 aromatic carbocycles. The largest absolute Gasteiger partial charge is 0.356 e. The summed E-state index contributed by atoms with van der Waals surface area (Å²) in [4.78, 5) is 34.5. The van der Waals surface area contributed by atoms with Crippen molar-refractivity contribution in [3.8, 4) is 11.1 Å². The molecular weight excluding hydrogens is 418 g/mol. The normalized spacial score (nSPS) is 18.4. The average molecular weight is 448 g/mol. The van der Waals surface area contributed by atoms with Crippen molar-refractivity contribution in [2.45, 2.75) is 33.1 Å². The molecule has 166 valence electrons. The Bertz CT molecular complexity index is 1100. The molecule has 1 fully saturated rings. The first-order valence-electron chi connectivity index (χ1n) is 11.1. The first kappa shape index (κ1) is 22.2. The molecule has 4 rings (SSSR count). The summed E-state index contributed by atoms with van der Waals surface area (Å²) in [6, 6.07) is 16.1. The zero-order valence-electron chi connectivity index (χ0n) is 18.6. The number of carbonyl (C=O) groups excluding carboxylic acids is 2. The lowest BCUT2D eigenvalue weighted by molar-refractivity contribution is -0.133. The van der Waals surface area contributed by atoms with Gasteiger partial charge in [-0.25, -0.2) is 0 Å². The standard InChI is InChI=1S/C26H29N3O2S/c1-3-28-25(31)26(12-6-14-29(18-26)24(30)23-11-10-19(2)32-23)16-20-7-4-8-21(15-20)22-9-5-13-27-17-22/h4-5,7-11,13,15,17H,3,6,12,14,16,18H2,1-2H3,(H,28,31)/t26-/m1/s1. The van der Waals surface area contributed by atoms with Gasteiger partial charge in [0.1, 0.15) is 0 Å². The Balaban J connectivity index is 1.62. The van der Waals surface area contributed by atoms with Crippen LogP contribution in [0.5, 0.6) is 0 Å². The number of hydrogen-bond acceptors (Lipinski definition) is 4.